The third kappa shape index (κ3) is 6.36. The molecule has 0 fully saturated rings. The molecule has 6 heteroatoms. The van der Waals surface area contributed by atoms with Gasteiger partial charge in [-0.15, -0.1) is 0 Å². The van der Waals surface area contributed by atoms with Gasteiger partial charge in [-0.2, -0.15) is 16.4 Å². The highest BCUT2D eigenvalue weighted by Crippen LogP contribution is 2.38. The summed E-state index contributed by atoms with van der Waals surface area (Å²) in [6, 6.07) is 52.0. The highest BCUT2D eigenvalue weighted by Gasteiger charge is 2.11. The van der Waals surface area contributed by atoms with Gasteiger partial charge in [0, 0.05) is 48.1 Å². The summed E-state index contributed by atoms with van der Waals surface area (Å²) in [4.78, 5) is 16.4. The van der Waals surface area contributed by atoms with Crippen LogP contribution in [0.2, 0.25) is 0 Å². The molecule has 242 valence electrons. The monoisotopic (exact) mass is 643 g/mol. The third-order valence-electron chi connectivity index (χ3n) is 8.59. The van der Waals surface area contributed by atoms with Crippen molar-refractivity contribution in [1.82, 2.24) is 16.4 Å². The summed E-state index contributed by atoms with van der Waals surface area (Å²) in [7, 11) is 5.30. The van der Waals surface area contributed by atoms with Gasteiger partial charge in [-0.3, -0.25) is 0 Å². The maximum atomic E-state index is 5.58. The molecule has 0 bridgehead atoms. The van der Waals surface area contributed by atoms with Crippen LogP contribution in [-0.4, -0.2) is 21.1 Å². The fourth-order valence-electron chi connectivity index (χ4n) is 6.49. The number of rotatable bonds is 6. The van der Waals surface area contributed by atoms with Gasteiger partial charge in [0.2, 0.25) is 0 Å². The van der Waals surface area contributed by atoms with Crippen molar-refractivity contribution in [2.75, 3.05) is 21.1 Å². The van der Waals surface area contributed by atoms with E-state index in [0.29, 0.717) is 0 Å². The Morgan fingerprint density at radius 3 is 1.41 bits per heavy atom. The van der Waals surface area contributed by atoms with Crippen molar-refractivity contribution in [2.24, 2.45) is 0 Å². The van der Waals surface area contributed by atoms with Crippen molar-refractivity contribution in [3.8, 4) is 17.2 Å². The van der Waals surface area contributed by atoms with Crippen LogP contribution in [0, 0.1) is 0 Å². The van der Waals surface area contributed by atoms with Crippen molar-refractivity contribution >= 4 is 64.6 Å². The molecule has 0 amide bonds. The van der Waals surface area contributed by atoms with Gasteiger partial charge in [0.25, 0.3) is 0 Å². The number of benzene rings is 9. The van der Waals surface area contributed by atoms with E-state index >= 15 is 0 Å². The Kier molecular flexibility index (Phi) is 9.34. The van der Waals surface area contributed by atoms with E-state index in [9.17, 15) is 0 Å². The molecule has 0 aliphatic heterocycles. The first-order valence-electron chi connectivity index (χ1n) is 16.3. The fourth-order valence-corrected chi connectivity index (χ4v) is 6.49. The van der Waals surface area contributed by atoms with Gasteiger partial charge in [0.15, 0.2) is 17.2 Å². The van der Waals surface area contributed by atoms with Gasteiger partial charge in [-0.05, 0) is 62.0 Å². The van der Waals surface area contributed by atoms with E-state index < -0.39 is 0 Å². The first-order chi connectivity index (χ1) is 24.2. The summed E-state index contributed by atoms with van der Waals surface area (Å²) < 4.78 is 0. The summed E-state index contributed by atoms with van der Waals surface area (Å²) in [5.41, 5.74) is 8.20. The average molecular weight is 644 g/mol. The van der Waals surface area contributed by atoms with E-state index in [1.165, 1.54) is 43.1 Å². The molecule has 9 rings (SSSR count). The van der Waals surface area contributed by atoms with Gasteiger partial charge in [0.1, 0.15) is 0 Å². The molecule has 0 saturated carbocycles. The highest BCUT2D eigenvalue weighted by molar-refractivity contribution is 6.24. The zero-order valence-corrected chi connectivity index (χ0v) is 27.7. The van der Waals surface area contributed by atoms with Gasteiger partial charge in [0.05, 0.1) is 0 Å². The second-order valence-corrected chi connectivity index (χ2v) is 11.5. The number of hydrogen-bond donors (Lipinski definition) is 3. The summed E-state index contributed by atoms with van der Waals surface area (Å²) in [5, 5.41) is 14.5. The lowest BCUT2D eigenvalue weighted by Gasteiger charge is -2.13. The molecule has 0 aliphatic carbocycles. The average Bonchev–Trinajstić information content (AvgIpc) is 3.15. The predicted molar refractivity (Wildman–Crippen MR) is 205 cm³/mol. The van der Waals surface area contributed by atoms with E-state index in [-0.39, 0.29) is 0 Å². The van der Waals surface area contributed by atoms with Crippen LogP contribution in [0.1, 0.15) is 0 Å². The highest BCUT2D eigenvalue weighted by atomic mass is 16.6. The number of hydrogen-bond acceptors (Lipinski definition) is 6. The summed E-state index contributed by atoms with van der Waals surface area (Å²) in [6.07, 6.45) is 0. The SMILES string of the molecule is CNOc1c2ccccc2cc2ccccc12.CNOc1ccc2ccc3cccc4ccc1c2c34.CNOc1cccc2ccccc12. The molecule has 0 heterocycles. The number of nitrogens with one attached hydrogen (secondary N) is 3. The minimum Gasteiger partial charge on any atom is -0.408 e. The van der Waals surface area contributed by atoms with Gasteiger partial charge in [-0.25, -0.2) is 0 Å². The first-order valence-corrected chi connectivity index (χ1v) is 16.3. The standard InChI is InChI=1S/C17H13NO.C15H13NO.C11H11NO/c1-18-19-15-10-8-13-6-5-11-3-2-4-12-7-9-14(15)17(13)16(11)12;1-16-17-15-13-8-4-2-6-11(13)10-12-7-3-5-9-14(12)15;1-12-13-11-8-4-6-9-5-2-3-7-10(9)11/h2-10,18H,1H3;2-10,16H,1H3;2-8,12H,1H3. The van der Waals surface area contributed by atoms with Gasteiger partial charge < -0.3 is 14.5 Å². The van der Waals surface area contributed by atoms with Crippen LogP contribution in [0.3, 0.4) is 0 Å². The molecule has 3 N–H and O–H groups in total. The summed E-state index contributed by atoms with van der Waals surface area (Å²) in [5.74, 6) is 2.62. The normalized spacial score (nSPS) is 11.0. The van der Waals surface area contributed by atoms with Gasteiger partial charge in [-0.1, -0.05) is 127 Å². The Labute approximate surface area is 285 Å². The number of hydroxylamine groups is 3. The van der Waals surface area contributed by atoms with E-state index in [1.54, 1.807) is 21.1 Å². The van der Waals surface area contributed by atoms with E-state index in [0.717, 1.165) is 38.8 Å². The Balaban J connectivity index is 0.000000118. The van der Waals surface area contributed by atoms with Crippen molar-refractivity contribution in [2.45, 2.75) is 0 Å². The molecule has 0 aliphatic rings. The Morgan fingerprint density at radius 1 is 0.327 bits per heavy atom. The lowest BCUT2D eigenvalue weighted by Crippen LogP contribution is -2.11. The van der Waals surface area contributed by atoms with Crippen molar-refractivity contribution in [1.29, 1.82) is 0 Å². The quantitative estimate of drug-likeness (QED) is 0.0953. The minimum atomic E-state index is 0.862. The minimum absolute atomic E-state index is 0.862. The van der Waals surface area contributed by atoms with E-state index in [1.807, 2.05) is 60.7 Å². The second-order valence-electron chi connectivity index (χ2n) is 11.5. The van der Waals surface area contributed by atoms with Crippen molar-refractivity contribution in [3.05, 3.63) is 152 Å². The lowest BCUT2D eigenvalue weighted by molar-refractivity contribution is 0.227. The van der Waals surface area contributed by atoms with Crippen LogP contribution >= 0.6 is 0 Å². The molecule has 0 atom stereocenters. The topological polar surface area (TPSA) is 63.8 Å². The molecule has 0 saturated heterocycles. The maximum absolute atomic E-state index is 5.58. The largest absolute Gasteiger partial charge is 0.408 e. The summed E-state index contributed by atoms with van der Waals surface area (Å²) >= 11 is 0. The first kappa shape index (κ1) is 31.7. The number of fused-ring (bicyclic) bond motifs is 3. The zero-order valence-electron chi connectivity index (χ0n) is 27.7. The van der Waals surface area contributed by atoms with Crippen LogP contribution in [-0.2, 0) is 0 Å². The second kappa shape index (κ2) is 14.5. The lowest BCUT2D eigenvalue weighted by atomic mass is 9.94. The van der Waals surface area contributed by atoms with Crippen LogP contribution in [0.15, 0.2) is 152 Å². The molecule has 0 radical (unpaired) electrons. The smallest absolute Gasteiger partial charge is 0.162 e. The van der Waals surface area contributed by atoms with Crippen LogP contribution in [0.4, 0.5) is 0 Å². The zero-order chi connectivity index (χ0) is 33.6. The van der Waals surface area contributed by atoms with Crippen molar-refractivity contribution < 1.29 is 14.5 Å². The van der Waals surface area contributed by atoms with E-state index in [2.05, 4.69) is 107 Å². The molecule has 0 aromatic heterocycles. The van der Waals surface area contributed by atoms with E-state index in [4.69, 9.17) is 14.5 Å². The molecule has 0 spiro atoms. The third-order valence-corrected chi connectivity index (χ3v) is 8.59. The molecule has 0 unspecified atom stereocenters. The molecular formula is C43H37N3O3. The Morgan fingerprint density at radius 2 is 0.776 bits per heavy atom. The summed E-state index contributed by atoms with van der Waals surface area (Å²) in [6.45, 7) is 0. The van der Waals surface area contributed by atoms with Crippen molar-refractivity contribution in [3.63, 3.8) is 0 Å². The maximum Gasteiger partial charge on any atom is 0.162 e. The molecule has 49 heavy (non-hydrogen) atoms. The molecule has 6 nitrogen and oxygen atoms in total. The fraction of sp³-hybridized carbons (Fsp3) is 0.0698. The Bertz CT molecular complexity index is 2440. The molecule has 9 aromatic rings. The predicted octanol–water partition coefficient (Wildman–Crippen LogP) is 9.96. The van der Waals surface area contributed by atoms with Gasteiger partial charge >= 0.3 is 0 Å². The van der Waals surface area contributed by atoms with Crippen LogP contribution in [0.5, 0.6) is 17.2 Å². The molecule has 9 aromatic carbocycles. The molecular weight excluding hydrogens is 606 g/mol. The van der Waals surface area contributed by atoms with Crippen LogP contribution < -0.4 is 31.0 Å². The van der Waals surface area contributed by atoms with Crippen LogP contribution in [0.25, 0.3) is 64.6 Å². The Hall–Kier alpha value is -5.92.